The molecule has 2 aliphatic heterocycles. The first kappa shape index (κ1) is 23.0. The van der Waals surface area contributed by atoms with Gasteiger partial charge in [-0.1, -0.05) is 42.0 Å². The number of ether oxygens (including phenoxy) is 1. The summed E-state index contributed by atoms with van der Waals surface area (Å²) in [5.41, 5.74) is 1.58. The van der Waals surface area contributed by atoms with Gasteiger partial charge in [0.15, 0.2) is 0 Å². The largest absolute Gasteiger partial charge is 0.416 e. The highest BCUT2D eigenvalue weighted by Crippen LogP contribution is 2.35. The Hall–Kier alpha value is -3.13. The molecular weight excluding hydrogens is 433 g/mol. The van der Waals surface area contributed by atoms with Crippen molar-refractivity contribution in [3.05, 3.63) is 76.5 Å². The number of carbonyl (C=O) groups is 2. The first-order valence-corrected chi connectivity index (χ1v) is 10.8. The van der Waals surface area contributed by atoms with Crippen LogP contribution in [0.3, 0.4) is 0 Å². The quantitative estimate of drug-likeness (QED) is 0.638. The molecule has 2 atom stereocenters. The molecule has 1 saturated heterocycles. The van der Waals surface area contributed by atoms with Crippen LogP contribution in [0, 0.1) is 6.92 Å². The van der Waals surface area contributed by atoms with E-state index in [1.165, 1.54) is 12.1 Å². The third-order valence-corrected chi connectivity index (χ3v) is 5.81. The summed E-state index contributed by atoms with van der Waals surface area (Å²) in [6.07, 6.45) is -4.78. The molecule has 2 amide bonds. The summed E-state index contributed by atoms with van der Waals surface area (Å²) >= 11 is 0. The van der Waals surface area contributed by atoms with Gasteiger partial charge in [-0.3, -0.25) is 14.5 Å². The Bertz CT molecular complexity index is 1100. The van der Waals surface area contributed by atoms with E-state index >= 15 is 0 Å². The van der Waals surface area contributed by atoms with Gasteiger partial charge in [-0.2, -0.15) is 13.2 Å². The number of alkyl halides is 3. The molecule has 2 unspecified atom stereocenters. The van der Waals surface area contributed by atoms with Gasteiger partial charge in [0.1, 0.15) is 5.70 Å². The minimum Gasteiger partial charge on any atom is -0.372 e. The lowest BCUT2D eigenvalue weighted by atomic mass is 10.0. The molecule has 0 aliphatic carbocycles. The number of imide groups is 1. The second-order valence-electron chi connectivity index (χ2n) is 8.65. The normalized spacial score (nSPS) is 21.9. The van der Waals surface area contributed by atoms with Crippen LogP contribution < -0.4 is 0 Å². The van der Waals surface area contributed by atoms with Crippen LogP contribution >= 0.6 is 0 Å². The highest BCUT2D eigenvalue weighted by Gasteiger charge is 2.43. The Morgan fingerprint density at radius 2 is 1.61 bits per heavy atom. The molecule has 174 valence electrons. The van der Waals surface area contributed by atoms with E-state index < -0.39 is 23.6 Å². The second-order valence-corrected chi connectivity index (χ2v) is 8.65. The minimum atomic E-state index is -4.51. The van der Waals surface area contributed by atoms with Crippen molar-refractivity contribution in [3.8, 4) is 0 Å². The van der Waals surface area contributed by atoms with E-state index in [9.17, 15) is 22.8 Å². The number of halogens is 3. The summed E-state index contributed by atoms with van der Waals surface area (Å²) in [4.78, 5) is 29.9. The van der Waals surface area contributed by atoms with Crippen LogP contribution in [0.4, 0.5) is 13.2 Å². The van der Waals surface area contributed by atoms with Crippen molar-refractivity contribution < 1.29 is 27.5 Å². The van der Waals surface area contributed by atoms with Gasteiger partial charge in [-0.15, -0.1) is 0 Å². The van der Waals surface area contributed by atoms with Gasteiger partial charge in [-0.25, -0.2) is 0 Å². The van der Waals surface area contributed by atoms with Crippen molar-refractivity contribution in [1.29, 1.82) is 0 Å². The zero-order valence-corrected chi connectivity index (χ0v) is 18.6. The summed E-state index contributed by atoms with van der Waals surface area (Å²) in [6.45, 7) is 6.35. The maximum absolute atomic E-state index is 13.5. The number of carbonyl (C=O) groups excluding carboxylic acids is 2. The number of aryl methyl sites for hydroxylation is 1. The fourth-order valence-corrected chi connectivity index (χ4v) is 4.37. The fourth-order valence-electron chi connectivity index (χ4n) is 4.37. The van der Waals surface area contributed by atoms with E-state index in [1.54, 1.807) is 12.1 Å². The van der Waals surface area contributed by atoms with Crippen molar-refractivity contribution >= 4 is 17.4 Å². The van der Waals surface area contributed by atoms with E-state index in [-0.39, 0.29) is 35.6 Å². The lowest BCUT2D eigenvalue weighted by molar-refractivity contribution is -0.139. The lowest BCUT2D eigenvalue weighted by Gasteiger charge is -2.37. The molecule has 0 aromatic heterocycles. The van der Waals surface area contributed by atoms with E-state index in [0.717, 1.165) is 22.6 Å². The summed E-state index contributed by atoms with van der Waals surface area (Å²) in [5.74, 6) is -1.02. The predicted molar refractivity (Wildman–Crippen MR) is 117 cm³/mol. The standard InChI is InChI=1S/C25H25F3N2O3/c1-15-7-9-19(10-8-15)21-22(29-12-16(2)33-17(3)13-29)24(32)30(23(21)31)14-18-5-4-6-20(11-18)25(26,27)28/h4-11,16-17H,12-14H2,1-3H3. The molecule has 0 bridgehead atoms. The van der Waals surface area contributed by atoms with E-state index in [1.807, 2.05) is 37.8 Å². The van der Waals surface area contributed by atoms with Crippen molar-refractivity contribution in [3.63, 3.8) is 0 Å². The number of nitrogens with zero attached hydrogens (tertiary/aromatic N) is 2. The molecule has 0 saturated carbocycles. The van der Waals surface area contributed by atoms with E-state index in [0.29, 0.717) is 18.7 Å². The van der Waals surface area contributed by atoms with Crippen LogP contribution in [0.15, 0.2) is 54.2 Å². The highest BCUT2D eigenvalue weighted by molar-refractivity contribution is 6.35. The van der Waals surface area contributed by atoms with Crippen LogP contribution in [0.1, 0.15) is 36.1 Å². The molecule has 5 nitrogen and oxygen atoms in total. The molecule has 0 spiro atoms. The summed E-state index contributed by atoms with van der Waals surface area (Å²) in [7, 11) is 0. The Kier molecular flexibility index (Phi) is 6.05. The smallest absolute Gasteiger partial charge is 0.372 e. The number of rotatable bonds is 4. The number of amides is 2. The molecule has 2 aromatic carbocycles. The monoisotopic (exact) mass is 458 g/mol. The van der Waals surface area contributed by atoms with Crippen molar-refractivity contribution in [1.82, 2.24) is 9.80 Å². The molecule has 1 fully saturated rings. The molecule has 8 heteroatoms. The predicted octanol–water partition coefficient (Wildman–Crippen LogP) is 4.40. The summed E-state index contributed by atoms with van der Waals surface area (Å²) in [6, 6.07) is 12.0. The second kappa shape index (κ2) is 8.67. The topological polar surface area (TPSA) is 49.9 Å². The van der Waals surface area contributed by atoms with Crippen LogP contribution in [-0.2, 0) is 27.0 Å². The molecule has 2 aliphatic rings. The lowest BCUT2D eigenvalue weighted by Crippen LogP contribution is -2.46. The fraction of sp³-hybridized carbons (Fsp3) is 0.360. The Balaban J connectivity index is 1.73. The maximum atomic E-state index is 13.5. The van der Waals surface area contributed by atoms with Crippen LogP contribution in [0.2, 0.25) is 0 Å². The zero-order valence-electron chi connectivity index (χ0n) is 18.6. The van der Waals surface area contributed by atoms with Gasteiger partial charge >= 0.3 is 6.18 Å². The first-order chi connectivity index (χ1) is 15.5. The number of morpholine rings is 1. The van der Waals surface area contributed by atoms with E-state index in [2.05, 4.69) is 0 Å². The average molecular weight is 458 g/mol. The van der Waals surface area contributed by atoms with Gasteiger partial charge in [0.25, 0.3) is 11.8 Å². The minimum absolute atomic E-state index is 0.138. The summed E-state index contributed by atoms with van der Waals surface area (Å²) in [5, 5.41) is 0. The van der Waals surface area contributed by atoms with Crippen LogP contribution in [-0.4, -0.2) is 46.9 Å². The van der Waals surface area contributed by atoms with Gasteiger partial charge < -0.3 is 9.64 Å². The molecule has 2 aromatic rings. The molecule has 2 heterocycles. The average Bonchev–Trinajstić information content (AvgIpc) is 2.98. The Labute approximate surface area is 190 Å². The first-order valence-electron chi connectivity index (χ1n) is 10.8. The summed E-state index contributed by atoms with van der Waals surface area (Å²) < 4.78 is 45.2. The zero-order chi connectivity index (χ0) is 23.9. The molecular formula is C25H25F3N2O3. The number of benzene rings is 2. The molecule has 33 heavy (non-hydrogen) atoms. The van der Waals surface area contributed by atoms with E-state index in [4.69, 9.17) is 4.74 Å². The number of hydrogen-bond donors (Lipinski definition) is 0. The third kappa shape index (κ3) is 4.66. The highest BCUT2D eigenvalue weighted by atomic mass is 19.4. The Morgan fingerprint density at radius 1 is 0.970 bits per heavy atom. The Morgan fingerprint density at radius 3 is 2.21 bits per heavy atom. The maximum Gasteiger partial charge on any atom is 0.416 e. The number of hydrogen-bond acceptors (Lipinski definition) is 4. The van der Waals surface area contributed by atoms with Crippen molar-refractivity contribution in [2.75, 3.05) is 13.1 Å². The third-order valence-electron chi connectivity index (χ3n) is 5.81. The molecule has 0 N–H and O–H groups in total. The van der Waals surface area contributed by atoms with Crippen molar-refractivity contribution in [2.45, 2.75) is 45.7 Å². The molecule has 4 rings (SSSR count). The van der Waals surface area contributed by atoms with Gasteiger partial charge in [0, 0.05) is 13.1 Å². The SMILES string of the molecule is Cc1ccc(C2=C(N3CC(C)OC(C)C3)C(=O)N(Cc3cccc(C(F)(F)F)c3)C2=O)cc1. The molecule has 0 radical (unpaired) electrons. The van der Waals surface area contributed by atoms with Gasteiger partial charge in [-0.05, 0) is 44.0 Å². The van der Waals surface area contributed by atoms with Crippen LogP contribution in [0.5, 0.6) is 0 Å². The van der Waals surface area contributed by atoms with Gasteiger partial charge in [0.05, 0.1) is 29.9 Å². The van der Waals surface area contributed by atoms with Crippen molar-refractivity contribution in [2.24, 2.45) is 0 Å². The van der Waals surface area contributed by atoms with Crippen LogP contribution in [0.25, 0.3) is 5.57 Å². The van der Waals surface area contributed by atoms with Gasteiger partial charge in [0.2, 0.25) is 0 Å².